The minimum Gasteiger partial charge on any atom is -0.348 e. The summed E-state index contributed by atoms with van der Waals surface area (Å²) in [5.41, 5.74) is 2.00. The van der Waals surface area contributed by atoms with Crippen LogP contribution in [0.2, 0.25) is 0 Å². The Morgan fingerprint density at radius 1 is 0.875 bits per heavy atom. The molecule has 0 aliphatic heterocycles. The lowest BCUT2D eigenvalue weighted by molar-refractivity contribution is -0.126. The molecule has 4 nitrogen and oxygen atoms in total. The summed E-state index contributed by atoms with van der Waals surface area (Å²) in [6, 6.07) is 19.3. The molecule has 0 heterocycles. The van der Waals surface area contributed by atoms with E-state index in [1.54, 1.807) is 0 Å². The number of amides is 2. The number of hydrogen-bond acceptors (Lipinski definition) is 2. The molecule has 2 amide bonds. The second-order valence-corrected chi connectivity index (χ2v) is 6.14. The molecule has 0 saturated heterocycles. The van der Waals surface area contributed by atoms with Gasteiger partial charge < -0.3 is 10.6 Å². The SMILES string of the molecule is CC(C)C(NC(=O)CNC(=O)Cc1ccccc1)c1ccccc1. The predicted octanol–water partition coefficient (Wildman–Crippen LogP) is 2.86. The predicted molar refractivity (Wildman–Crippen MR) is 95.3 cm³/mol. The number of rotatable bonds is 7. The lowest BCUT2D eigenvalue weighted by atomic mass is 9.96. The van der Waals surface area contributed by atoms with Crippen LogP contribution < -0.4 is 10.6 Å². The average Bonchev–Trinajstić information content (AvgIpc) is 2.59. The standard InChI is InChI=1S/C20H24N2O2/c1-15(2)20(17-11-7-4-8-12-17)22-19(24)14-21-18(23)13-16-9-5-3-6-10-16/h3-12,15,20H,13-14H2,1-2H3,(H,21,23)(H,22,24). The summed E-state index contributed by atoms with van der Waals surface area (Å²) < 4.78 is 0. The van der Waals surface area contributed by atoms with Crippen LogP contribution in [0.25, 0.3) is 0 Å². The highest BCUT2D eigenvalue weighted by Gasteiger charge is 2.18. The lowest BCUT2D eigenvalue weighted by Gasteiger charge is -2.23. The monoisotopic (exact) mass is 324 g/mol. The molecule has 0 aliphatic carbocycles. The molecule has 24 heavy (non-hydrogen) atoms. The van der Waals surface area contributed by atoms with E-state index in [-0.39, 0.29) is 36.7 Å². The summed E-state index contributed by atoms with van der Waals surface area (Å²) in [7, 11) is 0. The largest absolute Gasteiger partial charge is 0.348 e. The van der Waals surface area contributed by atoms with E-state index in [2.05, 4.69) is 24.5 Å². The van der Waals surface area contributed by atoms with Crippen molar-refractivity contribution >= 4 is 11.8 Å². The van der Waals surface area contributed by atoms with Crippen molar-refractivity contribution in [1.29, 1.82) is 0 Å². The molecule has 0 aromatic heterocycles. The summed E-state index contributed by atoms with van der Waals surface area (Å²) in [6.45, 7) is 4.11. The molecule has 0 saturated carbocycles. The second kappa shape index (κ2) is 8.87. The van der Waals surface area contributed by atoms with E-state index in [0.29, 0.717) is 0 Å². The van der Waals surface area contributed by atoms with Gasteiger partial charge in [-0.05, 0) is 17.0 Å². The molecule has 1 atom stereocenters. The van der Waals surface area contributed by atoms with Gasteiger partial charge in [-0.25, -0.2) is 0 Å². The third-order valence-electron chi connectivity index (χ3n) is 3.80. The molecule has 0 fully saturated rings. The highest BCUT2D eigenvalue weighted by atomic mass is 16.2. The van der Waals surface area contributed by atoms with Crippen molar-refractivity contribution in [3.63, 3.8) is 0 Å². The van der Waals surface area contributed by atoms with Crippen molar-refractivity contribution in [2.24, 2.45) is 5.92 Å². The first-order valence-corrected chi connectivity index (χ1v) is 8.21. The maximum Gasteiger partial charge on any atom is 0.239 e. The molecule has 0 spiro atoms. The molecular formula is C20H24N2O2. The molecule has 4 heteroatoms. The molecule has 0 bridgehead atoms. The Morgan fingerprint density at radius 2 is 1.46 bits per heavy atom. The normalized spacial score (nSPS) is 11.8. The summed E-state index contributed by atoms with van der Waals surface area (Å²) in [4.78, 5) is 24.1. The zero-order chi connectivity index (χ0) is 17.4. The van der Waals surface area contributed by atoms with Crippen LogP contribution in [0.1, 0.15) is 31.0 Å². The van der Waals surface area contributed by atoms with Crippen LogP contribution in [0.4, 0.5) is 0 Å². The Kier molecular flexibility index (Phi) is 6.55. The number of carbonyl (C=O) groups excluding carboxylic acids is 2. The van der Waals surface area contributed by atoms with Crippen LogP contribution in [-0.4, -0.2) is 18.4 Å². The van der Waals surface area contributed by atoms with Crippen LogP contribution in [0, 0.1) is 5.92 Å². The average molecular weight is 324 g/mol. The number of hydrogen-bond donors (Lipinski definition) is 2. The van der Waals surface area contributed by atoms with Crippen LogP contribution in [-0.2, 0) is 16.0 Å². The Hall–Kier alpha value is -2.62. The zero-order valence-corrected chi connectivity index (χ0v) is 14.2. The van der Waals surface area contributed by atoms with Crippen LogP contribution in [0.15, 0.2) is 60.7 Å². The van der Waals surface area contributed by atoms with Crippen LogP contribution >= 0.6 is 0 Å². The molecule has 2 aromatic carbocycles. The lowest BCUT2D eigenvalue weighted by Crippen LogP contribution is -2.40. The van der Waals surface area contributed by atoms with Crippen molar-refractivity contribution in [1.82, 2.24) is 10.6 Å². The van der Waals surface area contributed by atoms with Crippen molar-refractivity contribution in [2.45, 2.75) is 26.3 Å². The van der Waals surface area contributed by atoms with E-state index in [1.165, 1.54) is 0 Å². The van der Waals surface area contributed by atoms with Crippen LogP contribution in [0.5, 0.6) is 0 Å². The molecule has 2 N–H and O–H groups in total. The fourth-order valence-electron chi connectivity index (χ4n) is 2.54. The van der Waals surface area contributed by atoms with Gasteiger partial charge in [0.05, 0.1) is 19.0 Å². The molecule has 2 aromatic rings. The number of nitrogens with one attached hydrogen (secondary N) is 2. The van der Waals surface area contributed by atoms with Gasteiger partial charge in [-0.15, -0.1) is 0 Å². The van der Waals surface area contributed by atoms with Gasteiger partial charge in [0.1, 0.15) is 0 Å². The molecular weight excluding hydrogens is 300 g/mol. The Labute approximate surface area is 143 Å². The van der Waals surface area contributed by atoms with E-state index in [1.807, 2.05) is 60.7 Å². The Balaban J connectivity index is 1.84. The third kappa shape index (κ3) is 5.54. The van der Waals surface area contributed by atoms with Gasteiger partial charge in [0.25, 0.3) is 0 Å². The van der Waals surface area contributed by atoms with E-state index in [0.717, 1.165) is 11.1 Å². The highest BCUT2D eigenvalue weighted by molar-refractivity contribution is 5.85. The molecule has 126 valence electrons. The molecule has 2 rings (SSSR count). The van der Waals surface area contributed by atoms with E-state index in [4.69, 9.17) is 0 Å². The number of benzene rings is 2. The number of carbonyl (C=O) groups is 2. The first kappa shape index (κ1) is 17.7. The summed E-state index contributed by atoms with van der Waals surface area (Å²) in [5.74, 6) is -0.0764. The quantitative estimate of drug-likeness (QED) is 0.823. The maximum atomic E-state index is 12.2. The first-order valence-electron chi connectivity index (χ1n) is 8.21. The molecule has 0 aliphatic rings. The Morgan fingerprint density at radius 3 is 2.04 bits per heavy atom. The van der Waals surface area contributed by atoms with Crippen molar-refractivity contribution < 1.29 is 9.59 Å². The highest BCUT2D eigenvalue weighted by Crippen LogP contribution is 2.20. The van der Waals surface area contributed by atoms with E-state index < -0.39 is 0 Å². The van der Waals surface area contributed by atoms with Gasteiger partial charge in [-0.3, -0.25) is 9.59 Å². The van der Waals surface area contributed by atoms with Gasteiger partial charge in [0, 0.05) is 0 Å². The van der Waals surface area contributed by atoms with Crippen molar-refractivity contribution in [3.8, 4) is 0 Å². The minimum atomic E-state index is -0.182. The summed E-state index contributed by atoms with van der Waals surface area (Å²) in [6.07, 6.45) is 0.278. The second-order valence-electron chi connectivity index (χ2n) is 6.14. The summed E-state index contributed by atoms with van der Waals surface area (Å²) >= 11 is 0. The minimum absolute atomic E-state index is 0.0122. The fraction of sp³-hybridized carbons (Fsp3) is 0.300. The molecule has 1 unspecified atom stereocenters. The fourth-order valence-corrected chi connectivity index (χ4v) is 2.54. The van der Waals surface area contributed by atoms with Gasteiger partial charge in [-0.1, -0.05) is 74.5 Å². The Bertz CT molecular complexity index is 654. The first-order chi connectivity index (χ1) is 11.6. The topological polar surface area (TPSA) is 58.2 Å². The van der Waals surface area contributed by atoms with Crippen molar-refractivity contribution in [3.05, 3.63) is 71.8 Å². The van der Waals surface area contributed by atoms with Crippen LogP contribution in [0.3, 0.4) is 0 Å². The third-order valence-corrected chi connectivity index (χ3v) is 3.80. The summed E-state index contributed by atoms with van der Waals surface area (Å²) in [5, 5.41) is 5.67. The van der Waals surface area contributed by atoms with Gasteiger partial charge in [0.2, 0.25) is 11.8 Å². The van der Waals surface area contributed by atoms with E-state index >= 15 is 0 Å². The van der Waals surface area contributed by atoms with E-state index in [9.17, 15) is 9.59 Å². The van der Waals surface area contributed by atoms with Gasteiger partial charge >= 0.3 is 0 Å². The maximum absolute atomic E-state index is 12.2. The zero-order valence-electron chi connectivity index (χ0n) is 14.2. The van der Waals surface area contributed by atoms with Crippen molar-refractivity contribution in [2.75, 3.05) is 6.54 Å². The van der Waals surface area contributed by atoms with Gasteiger partial charge in [-0.2, -0.15) is 0 Å². The van der Waals surface area contributed by atoms with Gasteiger partial charge in [0.15, 0.2) is 0 Å². The molecule has 0 radical (unpaired) electrons. The smallest absolute Gasteiger partial charge is 0.239 e.